The summed E-state index contributed by atoms with van der Waals surface area (Å²) >= 11 is 0. The Morgan fingerprint density at radius 1 is 1.32 bits per heavy atom. The Bertz CT molecular complexity index is 687. The molecule has 4 nitrogen and oxygen atoms in total. The monoisotopic (exact) mass is 297 g/mol. The Balaban J connectivity index is 1.73. The molecule has 1 aromatic carbocycles. The van der Waals surface area contributed by atoms with Gasteiger partial charge in [-0.15, -0.1) is 0 Å². The van der Waals surface area contributed by atoms with Crippen LogP contribution in [0.3, 0.4) is 0 Å². The van der Waals surface area contributed by atoms with Gasteiger partial charge in [-0.2, -0.15) is 5.10 Å². The summed E-state index contributed by atoms with van der Waals surface area (Å²) in [6.07, 6.45) is 6.05. The van der Waals surface area contributed by atoms with Gasteiger partial charge in [0.2, 0.25) is 5.91 Å². The standard InChI is InChI=1S/C18H23N3O/c1-18(2)16-7-5-4-6-15(16)10-11-21(18)17(22)9-8-14-12-19-20(3)13-14/h4-7,12-13H,8-11H2,1-3H3. The van der Waals surface area contributed by atoms with Gasteiger partial charge in [-0.1, -0.05) is 24.3 Å². The highest BCUT2D eigenvalue weighted by Gasteiger charge is 2.36. The van der Waals surface area contributed by atoms with Crippen molar-refractivity contribution in [2.75, 3.05) is 6.54 Å². The molecule has 1 aromatic heterocycles. The molecule has 0 bridgehead atoms. The van der Waals surface area contributed by atoms with Crippen LogP contribution in [0.5, 0.6) is 0 Å². The summed E-state index contributed by atoms with van der Waals surface area (Å²) in [6, 6.07) is 8.46. The lowest BCUT2D eigenvalue weighted by molar-refractivity contribution is -0.137. The lowest BCUT2D eigenvalue weighted by atomic mass is 9.83. The molecule has 1 aliphatic rings. The number of rotatable bonds is 3. The molecule has 0 saturated heterocycles. The van der Waals surface area contributed by atoms with Crippen molar-refractivity contribution in [2.45, 2.75) is 38.6 Å². The van der Waals surface area contributed by atoms with Crippen LogP contribution in [0.25, 0.3) is 0 Å². The Hall–Kier alpha value is -2.10. The summed E-state index contributed by atoms with van der Waals surface area (Å²) in [5, 5.41) is 4.16. The molecule has 4 heteroatoms. The minimum Gasteiger partial charge on any atom is -0.333 e. The predicted octanol–water partition coefficient (Wildman–Crippen LogP) is 2.67. The molecule has 1 amide bonds. The minimum absolute atomic E-state index is 0.225. The highest BCUT2D eigenvalue weighted by Crippen LogP contribution is 2.35. The molecule has 0 N–H and O–H groups in total. The number of hydrogen-bond acceptors (Lipinski definition) is 2. The smallest absolute Gasteiger partial charge is 0.223 e. The third kappa shape index (κ3) is 2.65. The molecule has 0 spiro atoms. The predicted molar refractivity (Wildman–Crippen MR) is 86.4 cm³/mol. The van der Waals surface area contributed by atoms with Gasteiger partial charge in [-0.25, -0.2) is 0 Å². The molecule has 0 radical (unpaired) electrons. The lowest BCUT2D eigenvalue weighted by Gasteiger charge is -2.44. The number of nitrogens with zero attached hydrogens (tertiary/aromatic N) is 3. The van der Waals surface area contributed by atoms with Gasteiger partial charge in [0.25, 0.3) is 0 Å². The maximum Gasteiger partial charge on any atom is 0.223 e. The van der Waals surface area contributed by atoms with Gasteiger partial charge >= 0.3 is 0 Å². The average Bonchev–Trinajstić information content (AvgIpc) is 2.90. The fourth-order valence-electron chi connectivity index (χ4n) is 3.42. The van der Waals surface area contributed by atoms with Gasteiger partial charge in [0.15, 0.2) is 0 Å². The summed E-state index contributed by atoms with van der Waals surface area (Å²) in [7, 11) is 1.90. The minimum atomic E-state index is -0.235. The van der Waals surface area contributed by atoms with E-state index in [0.29, 0.717) is 6.42 Å². The molecular formula is C18H23N3O. The zero-order valence-electron chi connectivity index (χ0n) is 13.5. The number of aromatic nitrogens is 2. The van der Waals surface area contributed by atoms with E-state index in [1.807, 2.05) is 24.3 Å². The van der Waals surface area contributed by atoms with E-state index in [9.17, 15) is 4.79 Å². The maximum absolute atomic E-state index is 12.7. The van der Waals surface area contributed by atoms with E-state index < -0.39 is 0 Å². The molecule has 2 aromatic rings. The van der Waals surface area contributed by atoms with E-state index in [-0.39, 0.29) is 11.4 Å². The number of amides is 1. The fraction of sp³-hybridized carbons (Fsp3) is 0.444. The summed E-state index contributed by atoms with van der Waals surface area (Å²) in [5.41, 5.74) is 3.52. The first-order valence-corrected chi connectivity index (χ1v) is 7.85. The van der Waals surface area contributed by atoms with Crippen LogP contribution in [-0.4, -0.2) is 27.1 Å². The van der Waals surface area contributed by atoms with Crippen molar-refractivity contribution >= 4 is 5.91 Å². The Morgan fingerprint density at radius 2 is 2.09 bits per heavy atom. The van der Waals surface area contributed by atoms with Gasteiger partial charge in [-0.05, 0) is 43.4 Å². The second kappa shape index (κ2) is 5.59. The zero-order chi connectivity index (χ0) is 15.7. The van der Waals surface area contributed by atoms with Crippen molar-refractivity contribution in [1.29, 1.82) is 0 Å². The molecule has 22 heavy (non-hydrogen) atoms. The number of hydrogen-bond donors (Lipinski definition) is 0. The zero-order valence-corrected chi connectivity index (χ0v) is 13.5. The van der Waals surface area contributed by atoms with Gasteiger partial charge < -0.3 is 4.90 Å². The summed E-state index contributed by atoms with van der Waals surface area (Å²) in [5.74, 6) is 0.225. The van der Waals surface area contributed by atoms with Crippen molar-refractivity contribution in [1.82, 2.24) is 14.7 Å². The quantitative estimate of drug-likeness (QED) is 0.873. The van der Waals surface area contributed by atoms with E-state index in [0.717, 1.165) is 24.9 Å². The Kier molecular flexibility index (Phi) is 3.77. The van der Waals surface area contributed by atoms with E-state index in [4.69, 9.17) is 0 Å². The second-order valence-electron chi connectivity index (χ2n) is 6.53. The van der Waals surface area contributed by atoms with Gasteiger partial charge in [0.1, 0.15) is 0 Å². The molecule has 0 aliphatic carbocycles. The molecule has 1 aliphatic heterocycles. The van der Waals surface area contributed by atoms with Crippen LogP contribution in [-0.2, 0) is 30.2 Å². The largest absolute Gasteiger partial charge is 0.333 e. The Morgan fingerprint density at radius 3 is 2.82 bits per heavy atom. The fourth-order valence-corrected chi connectivity index (χ4v) is 3.42. The summed E-state index contributed by atoms with van der Waals surface area (Å²) < 4.78 is 1.78. The average molecular weight is 297 g/mol. The number of carbonyl (C=O) groups is 1. The number of aryl methyl sites for hydroxylation is 2. The normalized spacial score (nSPS) is 16.4. The highest BCUT2D eigenvalue weighted by atomic mass is 16.2. The van der Waals surface area contributed by atoms with Gasteiger partial charge in [0, 0.05) is 26.2 Å². The third-order valence-electron chi connectivity index (χ3n) is 4.64. The SMILES string of the molecule is Cn1cc(CCC(=O)N2CCc3ccccc3C2(C)C)cn1. The van der Waals surface area contributed by atoms with Crippen LogP contribution in [0.2, 0.25) is 0 Å². The second-order valence-corrected chi connectivity index (χ2v) is 6.53. The van der Waals surface area contributed by atoms with E-state index in [1.54, 1.807) is 4.68 Å². The maximum atomic E-state index is 12.7. The molecule has 0 saturated carbocycles. The first-order chi connectivity index (χ1) is 10.5. The van der Waals surface area contributed by atoms with Crippen molar-refractivity contribution in [3.8, 4) is 0 Å². The molecule has 116 valence electrons. The molecule has 2 heterocycles. The van der Waals surface area contributed by atoms with Crippen molar-refractivity contribution in [3.63, 3.8) is 0 Å². The topological polar surface area (TPSA) is 38.1 Å². The van der Waals surface area contributed by atoms with E-state index in [2.05, 4.69) is 43.2 Å². The third-order valence-corrected chi connectivity index (χ3v) is 4.64. The molecule has 3 rings (SSSR count). The molecule has 0 atom stereocenters. The van der Waals surface area contributed by atoms with Crippen LogP contribution < -0.4 is 0 Å². The summed E-state index contributed by atoms with van der Waals surface area (Å²) in [6.45, 7) is 5.09. The van der Waals surface area contributed by atoms with Crippen LogP contribution in [0.15, 0.2) is 36.7 Å². The van der Waals surface area contributed by atoms with E-state index >= 15 is 0 Å². The van der Waals surface area contributed by atoms with Crippen molar-refractivity contribution in [3.05, 3.63) is 53.3 Å². The van der Waals surface area contributed by atoms with E-state index in [1.165, 1.54) is 11.1 Å². The van der Waals surface area contributed by atoms with Gasteiger partial charge in [-0.3, -0.25) is 9.48 Å². The van der Waals surface area contributed by atoms with Crippen LogP contribution in [0.1, 0.15) is 37.0 Å². The van der Waals surface area contributed by atoms with Crippen LogP contribution >= 0.6 is 0 Å². The molecular weight excluding hydrogens is 274 g/mol. The Labute approximate surface area is 131 Å². The number of carbonyl (C=O) groups excluding carboxylic acids is 1. The first kappa shape index (κ1) is 14.8. The van der Waals surface area contributed by atoms with Crippen LogP contribution in [0, 0.1) is 0 Å². The lowest BCUT2D eigenvalue weighted by Crippen LogP contribution is -2.50. The number of benzene rings is 1. The molecule has 0 unspecified atom stereocenters. The number of fused-ring (bicyclic) bond motifs is 1. The molecule has 0 fully saturated rings. The van der Waals surface area contributed by atoms with Crippen molar-refractivity contribution in [2.24, 2.45) is 7.05 Å². The summed E-state index contributed by atoms with van der Waals surface area (Å²) in [4.78, 5) is 14.7. The van der Waals surface area contributed by atoms with Crippen molar-refractivity contribution < 1.29 is 4.79 Å². The van der Waals surface area contributed by atoms with Gasteiger partial charge in [0.05, 0.1) is 11.7 Å². The highest BCUT2D eigenvalue weighted by molar-refractivity contribution is 5.78. The first-order valence-electron chi connectivity index (χ1n) is 7.85. The van der Waals surface area contributed by atoms with Crippen LogP contribution in [0.4, 0.5) is 0 Å².